The molecule has 6 heteroatoms. The summed E-state index contributed by atoms with van der Waals surface area (Å²) < 4.78 is 30.0. The second-order valence-corrected chi connectivity index (χ2v) is 7.15. The van der Waals surface area contributed by atoms with Gasteiger partial charge in [0.25, 0.3) is 5.91 Å². The third-order valence-corrected chi connectivity index (χ3v) is 5.01. The number of hydrogen-bond donors (Lipinski definition) is 1. The van der Waals surface area contributed by atoms with Crippen LogP contribution in [0.4, 0.5) is 5.69 Å². The van der Waals surface area contributed by atoms with Crippen LogP contribution in [-0.4, -0.2) is 14.3 Å². The van der Waals surface area contributed by atoms with E-state index in [-0.39, 0.29) is 22.2 Å². The average Bonchev–Trinajstić information content (AvgIpc) is 3.04. The molecular weight excluding hydrogens is 326 g/mol. The first-order valence-corrected chi connectivity index (χ1v) is 8.93. The van der Waals surface area contributed by atoms with E-state index in [4.69, 9.17) is 4.42 Å². The molecule has 2 aromatic carbocycles. The van der Waals surface area contributed by atoms with E-state index in [0.717, 1.165) is 0 Å². The molecule has 0 atom stereocenters. The van der Waals surface area contributed by atoms with Crippen LogP contribution in [0.15, 0.2) is 82.1 Å². The van der Waals surface area contributed by atoms with Crippen molar-refractivity contribution in [2.75, 3.05) is 5.32 Å². The predicted molar refractivity (Wildman–Crippen MR) is 90.4 cm³/mol. The van der Waals surface area contributed by atoms with Gasteiger partial charge in [0, 0.05) is 5.69 Å². The highest BCUT2D eigenvalue weighted by Gasteiger charge is 2.19. The Morgan fingerprint density at radius 1 is 0.875 bits per heavy atom. The topological polar surface area (TPSA) is 76.4 Å². The summed E-state index contributed by atoms with van der Waals surface area (Å²) >= 11 is 0. The van der Waals surface area contributed by atoms with Gasteiger partial charge in [-0.2, -0.15) is 0 Å². The van der Waals surface area contributed by atoms with E-state index in [0.29, 0.717) is 5.69 Å². The average molecular weight is 341 g/mol. The summed E-state index contributed by atoms with van der Waals surface area (Å²) in [4.78, 5) is 12.3. The number of anilines is 1. The molecule has 0 saturated carbocycles. The molecule has 0 aliphatic carbocycles. The van der Waals surface area contributed by atoms with Crippen molar-refractivity contribution in [2.24, 2.45) is 0 Å². The fourth-order valence-corrected chi connectivity index (χ4v) is 3.46. The van der Waals surface area contributed by atoms with E-state index in [2.05, 4.69) is 5.32 Å². The van der Waals surface area contributed by atoms with Crippen LogP contribution in [0, 0.1) is 0 Å². The summed E-state index contributed by atoms with van der Waals surface area (Å²) in [5.41, 5.74) is 0.636. The molecule has 5 nitrogen and oxygen atoms in total. The monoisotopic (exact) mass is 341 g/mol. The minimum atomic E-state index is -3.51. The molecular formula is C18H15NO4S. The molecule has 24 heavy (non-hydrogen) atoms. The fourth-order valence-electron chi connectivity index (χ4n) is 2.19. The molecule has 3 rings (SSSR count). The van der Waals surface area contributed by atoms with Gasteiger partial charge < -0.3 is 9.73 Å². The van der Waals surface area contributed by atoms with Crippen molar-refractivity contribution >= 4 is 21.4 Å². The molecule has 1 heterocycles. The summed E-state index contributed by atoms with van der Waals surface area (Å²) in [6.07, 6.45) is 0. The standard InChI is InChI=1S/C18H15NO4S/c20-18(19-14-7-3-1-4-8-14)17-12-11-15(23-17)13-24(21,22)16-9-5-2-6-10-16/h1-12H,13H2,(H,19,20). The number of carbonyl (C=O) groups is 1. The first-order valence-electron chi connectivity index (χ1n) is 7.27. The van der Waals surface area contributed by atoms with Gasteiger partial charge in [0.15, 0.2) is 15.6 Å². The number of para-hydroxylation sites is 1. The van der Waals surface area contributed by atoms with E-state index < -0.39 is 15.7 Å². The number of amides is 1. The molecule has 1 aromatic heterocycles. The lowest BCUT2D eigenvalue weighted by atomic mass is 10.3. The summed E-state index contributed by atoms with van der Waals surface area (Å²) in [5, 5.41) is 2.68. The van der Waals surface area contributed by atoms with Gasteiger partial charge in [-0.1, -0.05) is 36.4 Å². The van der Waals surface area contributed by atoms with Gasteiger partial charge in [0.05, 0.1) is 4.90 Å². The Balaban J connectivity index is 1.73. The molecule has 0 fully saturated rings. The van der Waals surface area contributed by atoms with E-state index in [1.54, 1.807) is 42.5 Å². The van der Waals surface area contributed by atoms with Crippen molar-refractivity contribution in [3.8, 4) is 0 Å². The Labute approximate surface area is 139 Å². The summed E-state index contributed by atoms with van der Waals surface area (Å²) in [6.45, 7) is 0. The molecule has 0 bridgehead atoms. The number of furan rings is 1. The Morgan fingerprint density at radius 2 is 1.50 bits per heavy atom. The largest absolute Gasteiger partial charge is 0.455 e. The van der Waals surface area contributed by atoms with Crippen molar-refractivity contribution in [1.29, 1.82) is 0 Å². The van der Waals surface area contributed by atoms with Crippen molar-refractivity contribution < 1.29 is 17.6 Å². The first-order chi connectivity index (χ1) is 11.5. The van der Waals surface area contributed by atoms with Crippen molar-refractivity contribution in [3.63, 3.8) is 0 Å². The number of carbonyl (C=O) groups excluding carboxylic acids is 1. The summed E-state index contributed by atoms with van der Waals surface area (Å²) in [5.74, 6) is -0.436. The third-order valence-electron chi connectivity index (χ3n) is 3.35. The van der Waals surface area contributed by atoms with Crippen LogP contribution in [0.25, 0.3) is 0 Å². The maximum absolute atomic E-state index is 12.3. The molecule has 122 valence electrons. The lowest BCUT2D eigenvalue weighted by Crippen LogP contribution is -2.10. The smallest absolute Gasteiger partial charge is 0.291 e. The normalized spacial score (nSPS) is 11.2. The molecule has 0 radical (unpaired) electrons. The van der Waals surface area contributed by atoms with Gasteiger partial charge in [-0.3, -0.25) is 4.79 Å². The molecule has 0 unspecified atom stereocenters. The van der Waals surface area contributed by atoms with Gasteiger partial charge in [0.2, 0.25) is 0 Å². The zero-order valence-electron chi connectivity index (χ0n) is 12.7. The molecule has 0 spiro atoms. The zero-order chi connectivity index (χ0) is 17.0. The first kappa shape index (κ1) is 16.0. The van der Waals surface area contributed by atoms with Gasteiger partial charge >= 0.3 is 0 Å². The number of benzene rings is 2. The number of nitrogens with one attached hydrogen (secondary N) is 1. The number of rotatable bonds is 5. The lowest BCUT2D eigenvalue weighted by molar-refractivity contribution is 0.0995. The molecule has 3 aromatic rings. The van der Waals surface area contributed by atoms with Crippen LogP contribution in [0.5, 0.6) is 0 Å². The minimum Gasteiger partial charge on any atom is -0.455 e. The SMILES string of the molecule is O=C(Nc1ccccc1)c1ccc(CS(=O)(=O)c2ccccc2)o1. The molecule has 0 aliphatic heterocycles. The maximum atomic E-state index is 12.3. The van der Waals surface area contributed by atoms with Gasteiger partial charge in [-0.25, -0.2) is 8.42 Å². The molecule has 0 aliphatic rings. The second kappa shape index (κ2) is 6.72. The lowest BCUT2D eigenvalue weighted by Gasteiger charge is -2.03. The van der Waals surface area contributed by atoms with E-state index >= 15 is 0 Å². The van der Waals surface area contributed by atoms with E-state index in [1.165, 1.54) is 24.3 Å². The van der Waals surface area contributed by atoms with Crippen LogP contribution < -0.4 is 5.32 Å². The Bertz CT molecular complexity index is 931. The van der Waals surface area contributed by atoms with E-state index in [1.807, 2.05) is 6.07 Å². The molecule has 0 saturated heterocycles. The maximum Gasteiger partial charge on any atom is 0.291 e. The molecule has 1 N–H and O–H groups in total. The summed E-state index contributed by atoms with van der Waals surface area (Å²) in [6, 6.07) is 20.0. The van der Waals surface area contributed by atoms with Crippen molar-refractivity contribution in [3.05, 3.63) is 84.3 Å². The van der Waals surface area contributed by atoms with Crippen molar-refractivity contribution in [1.82, 2.24) is 0 Å². The van der Waals surface area contributed by atoms with Crippen molar-refractivity contribution in [2.45, 2.75) is 10.6 Å². The van der Waals surface area contributed by atoms with Crippen LogP contribution in [0.2, 0.25) is 0 Å². The number of sulfone groups is 1. The molecule has 1 amide bonds. The predicted octanol–water partition coefficient (Wildman–Crippen LogP) is 3.51. The van der Waals surface area contributed by atoms with E-state index in [9.17, 15) is 13.2 Å². The van der Waals surface area contributed by atoms with Crippen LogP contribution in [0.1, 0.15) is 16.3 Å². The Kier molecular flexibility index (Phi) is 4.48. The highest BCUT2D eigenvalue weighted by atomic mass is 32.2. The number of hydrogen-bond acceptors (Lipinski definition) is 4. The Hall–Kier alpha value is -2.86. The minimum absolute atomic E-state index is 0.0668. The highest BCUT2D eigenvalue weighted by Crippen LogP contribution is 2.18. The second-order valence-electron chi connectivity index (χ2n) is 5.16. The quantitative estimate of drug-likeness (QED) is 0.770. The van der Waals surface area contributed by atoms with Gasteiger partial charge in [-0.15, -0.1) is 0 Å². The zero-order valence-corrected chi connectivity index (χ0v) is 13.5. The van der Waals surface area contributed by atoms with Crippen LogP contribution >= 0.6 is 0 Å². The summed E-state index contributed by atoms with van der Waals surface area (Å²) in [7, 11) is -3.51. The highest BCUT2D eigenvalue weighted by molar-refractivity contribution is 7.90. The van der Waals surface area contributed by atoms with Gasteiger partial charge in [-0.05, 0) is 36.4 Å². The van der Waals surface area contributed by atoms with Gasteiger partial charge in [0.1, 0.15) is 11.5 Å². The third kappa shape index (κ3) is 3.72. The van der Waals surface area contributed by atoms with Crippen LogP contribution in [-0.2, 0) is 15.6 Å². The van der Waals surface area contributed by atoms with Crippen LogP contribution in [0.3, 0.4) is 0 Å². The Morgan fingerprint density at radius 3 is 2.17 bits per heavy atom. The fraction of sp³-hybridized carbons (Fsp3) is 0.0556.